The van der Waals surface area contributed by atoms with Crippen molar-refractivity contribution in [1.82, 2.24) is 5.32 Å². The molecule has 0 atom stereocenters. The molecule has 0 saturated carbocycles. The van der Waals surface area contributed by atoms with Crippen molar-refractivity contribution in [2.45, 2.75) is 24.7 Å². The summed E-state index contributed by atoms with van der Waals surface area (Å²) in [6.45, 7) is 4.36. The number of ether oxygens (including phenoxy) is 2. The minimum Gasteiger partial charge on any atom is -0.497 e. The SMILES string of the molecule is COc1ccc(OCCNC(=O)CN2c3ccc(C(C)C)cc3-c3ccccc3S2(=O)=O)cc1. The lowest BCUT2D eigenvalue weighted by Crippen LogP contribution is -2.43. The third-order valence-corrected chi connectivity index (χ3v) is 7.56. The van der Waals surface area contributed by atoms with Crippen molar-refractivity contribution in [3.63, 3.8) is 0 Å². The van der Waals surface area contributed by atoms with E-state index in [0.717, 1.165) is 16.9 Å². The fraction of sp³-hybridized carbons (Fsp3) is 0.269. The van der Waals surface area contributed by atoms with Crippen LogP contribution in [0.1, 0.15) is 25.3 Å². The Hall–Kier alpha value is -3.52. The summed E-state index contributed by atoms with van der Waals surface area (Å²) in [6, 6.07) is 19.8. The van der Waals surface area contributed by atoms with Gasteiger partial charge in [-0.3, -0.25) is 9.10 Å². The topological polar surface area (TPSA) is 84.9 Å². The van der Waals surface area contributed by atoms with Gasteiger partial charge in [0.2, 0.25) is 5.91 Å². The quantitative estimate of drug-likeness (QED) is 0.489. The molecular weight excluding hydrogens is 452 g/mol. The highest BCUT2D eigenvalue weighted by Crippen LogP contribution is 2.43. The number of nitrogens with zero attached hydrogens (tertiary/aromatic N) is 1. The minimum atomic E-state index is -3.88. The van der Waals surface area contributed by atoms with E-state index in [9.17, 15) is 13.2 Å². The summed E-state index contributed by atoms with van der Waals surface area (Å²) in [5.74, 6) is 1.27. The maximum atomic E-state index is 13.4. The van der Waals surface area contributed by atoms with Gasteiger partial charge in [0, 0.05) is 11.1 Å². The zero-order chi connectivity index (χ0) is 24.3. The number of hydrogen-bond donors (Lipinski definition) is 1. The van der Waals surface area contributed by atoms with E-state index >= 15 is 0 Å². The maximum Gasteiger partial charge on any atom is 0.265 e. The Morgan fingerprint density at radius 1 is 0.971 bits per heavy atom. The summed E-state index contributed by atoms with van der Waals surface area (Å²) in [5, 5.41) is 2.75. The summed E-state index contributed by atoms with van der Waals surface area (Å²) in [4.78, 5) is 12.9. The van der Waals surface area contributed by atoms with Gasteiger partial charge < -0.3 is 14.8 Å². The standard InChI is InChI=1S/C26H28N2O5S/c1-18(2)19-8-13-24-23(16-19)22-6-4-5-7-25(22)34(30,31)28(24)17-26(29)27-14-15-33-21-11-9-20(32-3)10-12-21/h4-13,16,18H,14-15,17H2,1-3H3,(H,27,29). The molecule has 4 rings (SSSR count). The van der Waals surface area contributed by atoms with Gasteiger partial charge in [0.25, 0.3) is 10.0 Å². The van der Waals surface area contributed by atoms with Gasteiger partial charge in [-0.05, 0) is 53.9 Å². The third-order valence-electron chi connectivity index (χ3n) is 5.74. The van der Waals surface area contributed by atoms with Crippen LogP contribution in [0.5, 0.6) is 11.5 Å². The molecule has 0 radical (unpaired) electrons. The van der Waals surface area contributed by atoms with E-state index < -0.39 is 15.9 Å². The normalized spacial score (nSPS) is 13.7. The molecule has 7 nitrogen and oxygen atoms in total. The summed E-state index contributed by atoms with van der Waals surface area (Å²) in [5.41, 5.74) is 3.08. The van der Waals surface area contributed by atoms with Crippen LogP contribution in [0, 0.1) is 0 Å². The predicted octanol–water partition coefficient (Wildman–Crippen LogP) is 4.19. The summed E-state index contributed by atoms with van der Waals surface area (Å²) in [6.07, 6.45) is 0. The smallest absolute Gasteiger partial charge is 0.265 e. The first-order valence-electron chi connectivity index (χ1n) is 11.1. The highest BCUT2D eigenvalue weighted by Gasteiger charge is 2.36. The van der Waals surface area contributed by atoms with Crippen LogP contribution < -0.4 is 19.1 Å². The first-order chi connectivity index (χ1) is 16.3. The molecule has 34 heavy (non-hydrogen) atoms. The van der Waals surface area contributed by atoms with Crippen LogP contribution in [0.4, 0.5) is 5.69 Å². The Labute approximate surface area is 200 Å². The number of nitrogens with one attached hydrogen (secondary N) is 1. The van der Waals surface area contributed by atoms with Crippen molar-refractivity contribution in [3.8, 4) is 22.6 Å². The molecule has 1 N–H and O–H groups in total. The van der Waals surface area contributed by atoms with Crippen LogP contribution in [0.2, 0.25) is 0 Å². The van der Waals surface area contributed by atoms with Gasteiger partial charge in [0.1, 0.15) is 24.7 Å². The lowest BCUT2D eigenvalue weighted by Gasteiger charge is -2.32. The summed E-state index contributed by atoms with van der Waals surface area (Å²) >= 11 is 0. The van der Waals surface area contributed by atoms with E-state index in [0.29, 0.717) is 22.9 Å². The molecule has 3 aromatic carbocycles. The van der Waals surface area contributed by atoms with Crippen molar-refractivity contribution >= 4 is 21.6 Å². The number of hydrogen-bond acceptors (Lipinski definition) is 5. The van der Waals surface area contributed by atoms with Gasteiger partial charge in [-0.1, -0.05) is 38.1 Å². The van der Waals surface area contributed by atoms with E-state index in [4.69, 9.17) is 9.47 Å². The number of sulfonamides is 1. The number of fused-ring (bicyclic) bond motifs is 3. The first-order valence-corrected chi connectivity index (χ1v) is 12.5. The lowest BCUT2D eigenvalue weighted by atomic mass is 9.95. The summed E-state index contributed by atoms with van der Waals surface area (Å²) in [7, 11) is -2.28. The van der Waals surface area contributed by atoms with Crippen LogP contribution in [0.15, 0.2) is 71.6 Å². The zero-order valence-electron chi connectivity index (χ0n) is 19.4. The molecule has 8 heteroatoms. The summed E-state index contributed by atoms with van der Waals surface area (Å²) < 4.78 is 38.7. The molecule has 0 bridgehead atoms. The van der Waals surface area contributed by atoms with Crippen LogP contribution in [0.3, 0.4) is 0 Å². The fourth-order valence-electron chi connectivity index (χ4n) is 3.90. The Morgan fingerprint density at radius 2 is 1.68 bits per heavy atom. The van der Waals surface area contributed by atoms with E-state index in [1.54, 1.807) is 49.6 Å². The molecule has 1 heterocycles. The second-order valence-corrected chi connectivity index (χ2v) is 10.1. The van der Waals surface area contributed by atoms with Gasteiger partial charge in [-0.25, -0.2) is 8.42 Å². The van der Waals surface area contributed by atoms with E-state index in [1.165, 1.54) is 4.31 Å². The second-order valence-electron chi connectivity index (χ2n) is 8.31. The van der Waals surface area contributed by atoms with Crippen molar-refractivity contribution < 1.29 is 22.7 Å². The monoisotopic (exact) mass is 480 g/mol. The number of methoxy groups -OCH3 is 1. The molecule has 0 unspecified atom stereocenters. The van der Waals surface area contributed by atoms with Crippen molar-refractivity contribution in [2.75, 3.05) is 31.1 Å². The van der Waals surface area contributed by atoms with Gasteiger partial charge in [0.15, 0.2) is 0 Å². The molecule has 3 aromatic rings. The first kappa shape index (κ1) is 23.6. The molecule has 1 aliphatic heterocycles. The van der Waals surface area contributed by atoms with Gasteiger partial charge in [-0.2, -0.15) is 0 Å². The average Bonchev–Trinajstić information content (AvgIpc) is 2.84. The Morgan fingerprint density at radius 3 is 2.38 bits per heavy atom. The number of benzene rings is 3. The predicted molar refractivity (Wildman–Crippen MR) is 132 cm³/mol. The molecule has 1 amide bonds. The van der Waals surface area contributed by atoms with Gasteiger partial charge in [0.05, 0.1) is 24.2 Å². The molecule has 0 saturated heterocycles. The van der Waals surface area contributed by atoms with E-state index in [2.05, 4.69) is 19.2 Å². The molecule has 178 valence electrons. The number of rotatable bonds is 8. The third kappa shape index (κ3) is 4.72. The Kier molecular flexibility index (Phi) is 6.79. The molecule has 1 aliphatic rings. The number of carbonyl (C=O) groups excluding carboxylic acids is 1. The lowest BCUT2D eigenvalue weighted by molar-refractivity contribution is -0.119. The molecular formula is C26H28N2O5S. The van der Waals surface area contributed by atoms with E-state index in [1.807, 2.05) is 24.3 Å². The van der Waals surface area contributed by atoms with Gasteiger partial charge in [-0.15, -0.1) is 0 Å². The van der Waals surface area contributed by atoms with Crippen LogP contribution in [-0.2, 0) is 14.8 Å². The van der Waals surface area contributed by atoms with Crippen molar-refractivity contribution in [2.24, 2.45) is 0 Å². The zero-order valence-corrected chi connectivity index (χ0v) is 20.3. The Bertz CT molecular complexity index is 1290. The molecule has 0 aromatic heterocycles. The van der Waals surface area contributed by atoms with Crippen LogP contribution in [0.25, 0.3) is 11.1 Å². The highest BCUT2D eigenvalue weighted by molar-refractivity contribution is 7.93. The number of anilines is 1. The number of carbonyl (C=O) groups is 1. The average molecular weight is 481 g/mol. The number of amides is 1. The fourth-order valence-corrected chi connectivity index (χ4v) is 5.55. The largest absolute Gasteiger partial charge is 0.497 e. The molecule has 0 spiro atoms. The highest BCUT2D eigenvalue weighted by atomic mass is 32.2. The van der Waals surface area contributed by atoms with Crippen LogP contribution >= 0.6 is 0 Å². The van der Waals surface area contributed by atoms with E-state index in [-0.39, 0.29) is 24.6 Å². The van der Waals surface area contributed by atoms with Crippen molar-refractivity contribution in [1.29, 1.82) is 0 Å². The second kappa shape index (κ2) is 9.77. The van der Waals surface area contributed by atoms with Crippen LogP contribution in [-0.4, -0.2) is 41.1 Å². The van der Waals surface area contributed by atoms with Gasteiger partial charge >= 0.3 is 0 Å². The minimum absolute atomic E-state index is 0.207. The Balaban J connectivity index is 1.48. The molecule has 0 aliphatic carbocycles. The van der Waals surface area contributed by atoms with Crippen molar-refractivity contribution in [3.05, 3.63) is 72.3 Å². The molecule has 0 fully saturated rings. The maximum absolute atomic E-state index is 13.4.